The number of rotatable bonds is 6. The van der Waals surface area contributed by atoms with Crippen LogP contribution in [0.5, 0.6) is 0 Å². The molecule has 0 aliphatic heterocycles. The molecule has 1 aromatic rings. The zero-order valence-corrected chi connectivity index (χ0v) is 9.92. The van der Waals surface area contributed by atoms with E-state index in [0.29, 0.717) is 0 Å². The Morgan fingerprint density at radius 3 is 2.73 bits per heavy atom. The fourth-order valence-corrected chi connectivity index (χ4v) is 1.62. The molecule has 0 fully saturated rings. The van der Waals surface area contributed by atoms with Gasteiger partial charge < -0.3 is 10.1 Å². The Morgan fingerprint density at radius 1 is 1.33 bits per heavy atom. The van der Waals surface area contributed by atoms with Gasteiger partial charge in [-0.05, 0) is 26.0 Å². The highest BCUT2D eigenvalue weighted by Crippen LogP contribution is 2.17. The number of nitrogens with one attached hydrogen (secondary N) is 1. The van der Waals surface area contributed by atoms with Crippen LogP contribution in [0.4, 0.5) is 0 Å². The lowest BCUT2D eigenvalue weighted by atomic mass is 10.1. The van der Waals surface area contributed by atoms with Gasteiger partial charge in [0.2, 0.25) is 0 Å². The summed E-state index contributed by atoms with van der Waals surface area (Å²) in [5.74, 6) is 0. The maximum atomic E-state index is 5.72. The van der Waals surface area contributed by atoms with Gasteiger partial charge in [0.25, 0.3) is 0 Å². The van der Waals surface area contributed by atoms with Gasteiger partial charge in [-0.15, -0.1) is 0 Å². The van der Waals surface area contributed by atoms with Crippen LogP contribution in [0, 0.1) is 6.92 Å². The molecule has 2 nitrogen and oxygen atoms in total. The van der Waals surface area contributed by atoms with E-state index in [0.717, 1.165) is 19.7 Å². The largest absolute Gasteiger partial charge is 0.372 e. The lowest BCUT2D eigenvalue weighted by molar-refractivity contribution is 0.0627. The van der Waals surface area contributed by atoms with Crippen molar-refractivity contribution in [3.05, 3.63) is 35.4 Å². The monoisotopic (exact) mass is 207 g/mol. The van der Waals surface area contributed by atoms with E-state index in [9.17, 15) is 0 Å². The van der Waals surface area contributed by atoms with Crippen molar-refractivity contribution < 1.29 is 4.74 Å². The maximum absolute atomic E-state index is 5.72. The third-order valence-electron chi connectivity index (χ3n) is 2.36. The molecule has 0 aromatic heterocycles. The number of hydrogen-bond donors (Lipinski definition) is 1. The van der Waals surface area contributed by atoms with E-state index < -0.39 is 0 Å². The second kappa shape index (κ2) is 6.59. The van der Waals surface area contributed by atoms with E-state index in [-0.39, 0.29) is 6.10 Å². The number of hydrogen-bond acceptors (Lipinski definition) is 2. The molecule has 0 saturated heterocycles. The molecule has 0 saturated carbocycles. The summed E-state index contributed by atoms with van der Waals surface area (Å²) >= 11 is 0. The Balaban J connectivity index is 2.69. The molecule has 2 heteroatoms. The van der Waals surface area contributed by atoms with E-state index in [1.807, 2.05) is 6.92 Å². The summed E-state index contributed by atoms with van der Waals surface area (Å²) in [4.78, 5) is 0. The molecular formula is C13H21NO. The minimum Gasteiger partial charge on any atom is -0.372 e. The van der Waals surface area contributed by atoms with Crippen molar-refractivity contribution in [2.24, 2.45) is 0 Å². The molecule has 1 aromatic carbocycles. The molecular weight excluding hydrogens is 186 g/mol. The van der Waals surface area contributed by atoms with Gasteiger partial charge in [0.05, 0.1) is 6.10 Å². The van der Waals surface area contributed by atoms with E-state index in [1.165, 1.54) is 11.1 Å². The molecule has 0 amide bonds. The Labute approximate surface area is 92.6 Å². The highest BCUT2D eigenvalue weighted by atomic mass is 16.5. The summed E-state index contributed by atoms with van der Waals surface area (Å²) in [6.07, 6.45) is 0.176. The highest BCUT2D eigenvalue weighted by Gasteiger charge is 2.10. The van der Waals surface area contributed by atoms with Gasteiger partial charge in [-0.3, -0.25) is 0 Å². The molecule has 1 rings (SSSR count). The van der Waals surface area contributed by atoms with Crippen LogP contribution in [0.3, 0.4) is 0 Å². The topological polar surface area (TPSA) is 21.3 Å². The fourth-order valence-electron chi connectivity index (χ4n) is 1.62. The Bertz CT molecular complexity index is 286. The lowest BCUT2D eigenvalue weighted by Crippen LogP contribution is -2.23. The van der Waals surface area contributed by atoms with Crippen LogP contribution in [0.1, 0.15) is 31.1 Å². The first-order valence-corrected chi connectivity index (χ1v) is 5.66. The van der Waals surface area contributed by atoms with Crippen molar-refractivity contribution in [2.75, 3.05) is 19.7 Å². The average molecular weight is 207 g/mol. The molecule has 15 heavy (non-hydrogen) atoms. The van der Waals surface area contributed by atoms with E-state index in [1.54, 1.807) is 0 Å². The second-order valence-electron chi connectivity index (χ2n) is 3.67. The van der Waals surface area contributed by atoms with Gasteiger partial charge >= 0.3 is 0 Å². The van der Waals surface area contributed by atoms with Crippen LogP contribution in [-0.4, -0.2) is 19.7 Å². The molecule has 0 radical (unpaired) electrons. The first kappa shape index (κ1) is 12.2. The van der Waals surface area contributed by atoms with E-state index >= 15 is 0 Å². The smallest absolute Gasteiger partial charge is 0.0949 e. The summed E-state index contributed by atoms with van der Waals surface area (Å²) in [5, 5.41) is 3.33. The first-order chi connectivity index (χ1) is 7.27. The molecule has 0 bridgehead atoms. The third-order valence-corrected chi connectivity index (χ3v) is 2.36. The van der Waals surface area contributed by atoms with Crippen LogP contribution < -0.4 is 5.32 Å². The van der Waals surface area contributed by atoms with E-state index in [4.69, 9.17) is 4.74 Å². The number of benzene rings is 1. The predicted molar refractivity (Wildman–Crippen MR) is 64.1 cm³/mol. The summed E-state index contributed by atoms with van der Waals surface area (Å²) < 4.78 is 5.72. The number of ether oxygens (including phenoxy) is 1. The normalized spacial score (nSPS) is 12.7. The molecule has 0 aliphatic rings. The van der Waals surface area contributed by atoms with Crippen molar-refractivity contribution in [3.63, 3.8) is 0 Å². The van der Waals surface area contributed by atoms with Crippen LogP contribution in [0.25, 0.3) is 0 Å². The SMILES string of the molecule is CCNCC(OCC)c1cccc(C)c1. The van der Waals surface area contributed by atoms with Crippen molar-refractivity contribution in [2.45, 2.75) is 26.9 Å². The minimum absolute atomic E-state index is 0.176. The van der Waals surface area contributed by atoms with Crippen LogP contribution in [0.15, 0.2) is 24.3 Å². The Morgan fingerprint density at radius 2 is 2.13 bits per heavy atom. The van der Waals surface area contributed by atoms with Crippen LogP contribution >= 0.6 is 0 Å². The predicted octanol–water partition coefficient (Wildman–Crippen LogP) is 2.68. The third kappa shape index (κ3) is 4.02. The zero-order valence-electron chi connectivity index (χ0n) is 9.92. The molecule has 84 valence electrons. The number of likely N-dealkylation sites (N-methyl/N-ethyl adjacent to an activating group) is 1. The highest BCUT2D eigenvalue weighted by molar-refractivity contribution is 5.24. The van der Waals surface area contributed by atoms with Crippen molar-refractivity contribution >= 4 is 0 Å². The maximum Gasteiger partial charge on any atom is 0.0949 e. The van der Waals surface area contributed by atoms with Crippen LogP contribution in [0.2, 0.25) is 0 Å². The second-order valence-corrected chi connectivity index (χ2v) is 3.67. The van der Waals surface area contributed by atoms with Gasteiger partial charge in [0.15, 0.2) is 0 Å². The summed E-state index contributed by atoms with van der Waals surface area (Å²) in [7, 11) is 0. The average Bonchev–Trinajstić information content (AvgIpc) is 2.24. The standard InChI is InChI=1S/C13H21NO/c1-4-14-10-13(15-5-2)12-8-6-7-11(3)9-12/h6-9,13-14H,4-5,10H2,1-3H3. The Kier molecular flexibility index (Phi) is 5.37. The lowest BCUT2D eigenvalue weighted by Gasteiger charge is -2.18. The molecule has 0 aliphatic carbocycles. The van der Waals surface area contributed by atoms with Crippen molar-refractivity contribution in [1.29, 1.82) is 0 Å². The quantitative estimate of drug-likeness (QED) is 0.774. The Hall–Kier alpha value is -0.860. The summed E-state index contributed by atoms with van der Waals surface area (Å²) in [5.41, 5.74) is 2.55. The molecule has 0 spiro atoms. The van der Waals surface area contributed by atoms with Crippen molar-refractivity contribution in [1.82, 2.24) is 5.32 Å². The molecule has 1 N–H and O–H groups in total. The van der Waals surface area contributed by atoms with E-state index in [2.05, 4.69) is 43.4 Å². The van der Waals surface area contributed by atoms with Gasteiger partial charge in [-0.1, -0.05) is 36.8 Å². The minimum atomic E-state index is 0.176. The fraction of sp³-hybridized carbons (Fsp3) is 0.538. The first-order valence-electron chi connectivity index (χ1n) is 5.66. The van der Waals surface area contributed by atoms with Gasteiger partial charge in [0.1, 0.15) is 0 Å². The van der Waals surface area contributed by atoms with Crippen LogP contribution in [-0.2, 0) is 4.74 Å². The number of aryl methyl sites for hydroxylation is 1. The summed E-state index contributed by atoms with van der Waals surface area (Å²) in [6, 6.07) is 8.52. The summed E-state index contributed by atoms with van der Waals surface area (Å²) in [6.45, 7) is 8.88. The molecule has 0 heterocycles. The van der Waals surface area contributed by atoms with Crippen molar-refractivity contribution in [3.8, 4) is 0 Å². The molecule has 1 unspecified atom stereocenters. The van der Waals surface area contributed by atoms with Gasteiger partial charge in [-0.2, -0.15) is 0 Å². The van der Waals surface area contributed by atoms with Gasteiger partial charge in [0, 0.05) is 13.2 Å². The molecule has 1 atom stereocenters. The van der Waals surface area contributed by atoms with Gasteiger partial charge in [-0.25, -0.2) is 0 Å². The zero-order chi connectivity index (χ0) is 11.1.